The van der Waals surface area contributed by atoms with E-state index in [2.05, 4.69) is 4.98 Å². The second kappa shape index (κ2) is 9.91. The molecule has 0 aliphatic rings. The molecule has 0 aliphatic heterocycles. The number of rotatable bonds is 5. The molecule has 0 aliphatic carbocycles. The maximum absolute atomic E-state index is 14.5. The van der Waals surface area contributed by atoms with Gasteiger partial charge in [-0.25, -0.2) is 13.6 Å². The molecule has 0 radical (unpaired) electrons. The molecule has 3 rings (SSSR count). The number of amides is 3. The molecule has 13 heteroatoms. The molecule has 1 aromatic heterocycles. The molecule has 0 saturated heterocycles. The first-order valence-electron chi connectivity index (χ1n) is 10.5. The summed E-state index contributed by atoms with van der Waals surface area (Å²) in [6.07, 6.45) is -3.70. The Hall–Kier alpha value is -3.93. The van der Waals surface area contributed by atoms with Crippen LogP contribution < -0.4 is 20.7 Å². The van der Waals surface area contributed by atoms with E-state index in [-0.39, 0.29) is 17.1 Å². The van der Waals surface area contributed by atoms with Crippen molar-refractivity contribution in [1.82, 2.24) is 10.3 Å². The van der Waals surface area contributed by atoms with E-state index in [1.165, 1.54) is 6.07 Å². The van der Waals surface area contributed by atoms with E-state index in [0.29, 0.717) is 18.2 Å². The Morgan fingerprint density at radius 3 is 2.38 bits per heavy atom. The number of hydrogen-bond donors (Lipinski definition) is 3. The minimum atomic E-state index is -4.80. The molecule has 0 spiro atoms. The Morgan fingerprint density at radius 2 is 1.74 bits per heavy atom. The van der Waals surface area contributed by atoms with Crippen molar-refractivity contribution in [1.29, 1.82) is 0 Å². The number of carbonyl (C=O) groups excluding carboxylic acids is 2. The van der Waals surface area contributed by atoms with Gasteiger partial charge in [0.05, 0.1) is 10.6 Å². The van der Waals surface area contributed by atoms with Crippen LogP contribution in [0.3, 0.4) is 0 Å². The third-order valence-corrected chi connectivity index (χ3v) is 4.43. The average molecular weight is 504 g/mol. The molecule has 0 fully saturated rings. The smallest absolute Gasteiger partial charge is 0.417 e. The molecule has 0 unspecified atom stereocenters. The molecule has 0 atom stereocenters. The van der Waals surface area contributed by atoms with Gasteiger partial charge in [0.25, 0.3) is 5.91 Å². The summed E-state index contributed by atoms with van der Waals surface area (Å²) < 4.78 is 94.3. The molecule has 3 aromatic rings. The van der Waals surface area contributed by atoms with Gasteiger partial charge in [0.15, 0.2) is 11.6 Å². The quantitative estimate of drug-likeness (QED) is 0.382. The van der Waals surface area contributed by atoms with Gasteiger partial charge in [0.1, 0.15) is 22.9 Å². The fourth-order valence-electron chi connectivity index (χ4n) is 2.62. The Kier molecular flexibility index (Phi) is 6.02. The first-order chi connectivity index (χ1) is 17.1. The van der Waals surface area contributed by atoms with Crippen molar-refractivity contribution < 1.29 is 40.4 Å². The van der Waals surface area contributed by atoms with Gasteiger partial charge in [-0.3, -0.25) is 9.78 Å². The molecular formula is C21H14ClF5N4O3. The highest BCUT2D eigenvalue weighted by atomic mass is 35.5. The molecule has 178 valence electrons. The predicted molar refractivity (Wildman–Crippen MR) is 113 cm³/mol. The van der Waals surface area contributed by atoms with Gasteiger partial charge in [-0.05, 0) is 24.3 Å². The number of aromatic nitrogens is 1. The van der Waals surface area contributed by atoms with Crippen LogP contribution in [0.2, 0.25) is 5.02 Å². The highest BCUT2D eigenvalue weighted by molar-refractivity contribution is 6.31. The van der Waals surface area contributed by atoms with Crippen LogP contribution in [0.5, 0.6) is 11.5 Å². The van der Waals surface area contributed by atoms with E-state index < -0.39 is 58.7 Å². The standard InChI is InChI=1S/C21H14ClF5N4O3/c1-28-19(32)17-9-11(4-5-29-17)34-12-7-15(23)18(16(24)8-12)31-20(33)30-10-2-3-14(22)13(6-10)21(25,26)27/h2-9H,1H3,(H,28,32)(H2,30,31,33)/i1D3. The molecule has 34 heavy (non-hydrogen) atoms. The highest BCUT2D eigenvalue weighted by Gasteiger charge is 2.33. The van der Waals surface area contributed by atoms with Crippen LogP contribution in [0.15, 0.2) is 48.7 Å². The lowest BCUT2D eigenvalue weighted by Gasteiger charge is -2.13. The molecule has 1 heterocycles. The zero-order valence-electron chi connectivity index (χ0n) is 19.6. The van der Waals surface area contributed by atoms with Crippen LogP contribution in [-0.4, -0.2) is 23.9 Å². The van der Waals surface area contributed by atoms with Crippen LogP contribution >= 0.6 is 11.6 Å². The van der Waals surface area contributed by atoms with Gasteiger partial charge in [-0.1, -0.05) is 11.6 Å². The molecule has 2 aromatic carbocycles. The van der Waals surface area contributed by atoms with Gasteiger partial charge in [-0.2, -0.15) is 13.2 Å². The Bertz CT molecular complexity index is 1330. The molecular weight excluding hydrogens is 487 g/mol. The number of benzene rings is 2. The topological polar surface area (TPSA) is 92.4 Å². The van der Waals surface area contributed by atoms with Gasteiger partial charge in [0, 0.05) is 41.2 Å². The molecule has 3 amide bonds. The number of pyridine rings is 1. The average Bonchev–Trinajstić information content (AvgIpc) is 2.76. The Morgan fingerprint density at radius 1 is 1.03 bits per heavy atom. The summed E-state index contributed by atoms with van der Waals surface area (Å²) in [6, 6.07) is 4.87. The van der Waals surface area contributed by atoms with E-state index in [1.807, 2.05) is 10.6 Å². The number of alkyl halides is 3. The van der Waals surface area contributed by atoms with Gasteiger partial charge >= 0.3 is 12.2 Å². The largest absolute Gasteiger partial charge is 0.457 e. The number of anilines is 2. The van der Waals surface area contributed by atoms with Gasteiger partial charge in [0.2, 0.25) is 0 Å². The Balaban J connectivity index is 1.73. The maximum atomic E-state index is 14.5. The lowest BCUT2D eigenvalue weighted by atomic mass is 10.2. The van der Waals surface area contributed by atoms with Gasteiger partial charge < -0.3 is 20.7 Å². The summed E-state index contributed by atoms with van der Waals surface area (Å²) in [5, 5.41) is 4.97. The fraction of sp³-hybridized carbons (Fsp3) is 0.0952. The zero-order valence-corrected chi connectivity index (χ0v) is 17.3. The summed E-state index contributed by atoms with van der Waals surface area (Å²) in [4.78, 5) is 27.7. The summed E-state index contributed by atoms with van der Waals surface area (Å²) in [5.74, 6) is -4.16. The van der Waals surface area contributed by atoms with Crippen molar-refractivity contribution >= 4 is 34.9 Å². The number of nitrogens with one attached hydrogen (secondary N) is 3. The minimum Gasteiger partial charge on any atom is -0.457 e. The van der Waals surface area contributed by atoms with Crippen molar-refractivity contribution in [3.05, 3.63) is 76.6 Å². The monoisotopic (exact) mass is 503 g/mol. The summed E-state index contributed by atoms with van der Waals surface area (Å²) >= 11 is 5.51. The van der Waals surface area contributed by atoms with Crippen LogP contribution in [0.25, 0.3) is 0 Å². The van der Waals surface area contributed by atoms with E-state index in [9.17, 15) is 31.5 Å². The Labute approximate surface area is 198 Å². The normalized spacial score (nSPS) is 12.7. The number of hydrogen-bond acceptors (Lipinski definition) is 4. The van der Waals surface area contributed by atoms with Crippen molar-refractivity contribution in [3.63, 3.8) is 0 Å². The first kappa shape index (κ1) is 20.7. The van der Waals surface area contributed by atoms with Crippen molar-refractivity contribution in [2.45, 2.75) is 6.18 Å². The fourth-order valence-corrected chi connectivity index (χ4v) is 2.85. The lowest BCUT2D eigenvalue weighted by Crippen LogP contribution is -2.21. The summed E-state index contributed by atoms with van der Waals surface area (Å²) in [6.45, 7) is -2.77. The number of urea groups is 1. The second-order valence-electron chi connectivity index (χ2n) is 6.47. The van der Waals surface area contributed by atoms with E-state index in [4.69, 9.17) is 20.5 Å². The van der Waals surface area contributed by atoms with Gasteiger partial charge in [-0.15, -0.1) is 0 Å². The first-order valence-corrected chi connectivity index (χ1v) is 9.40. The van der Waals surface area contributed by atoms with Crippen molar-refractivity contribution in [2.75, 3.05) is 17.6 Å². The predicted octanol–water partition coefficient (Wildman–Crippen LogP) is 5.83. The van der Waals surface area contributed by atoms with Crippen LogP contribution in [-0.2, 0) is 6.18 Å². The number of halogens is 6. The van der Waals surface area contributed by atoms with E-state index in [0.717, 1.165) is 24.4 Å². The highest BCUT2D eigenvalue weighted by Crippen LogP contribution is 2.36. The van der Waals surface area contributed by atoms with Crippen molar-refractivity contribution in [2.24, 2.45) is 0 Å². The van der Waals surface area contributed by atoms with E-state index in [1.54, 1.807) is 5.32 Å². The number of nitrogens with zero attached hydrogens (tertiary/aromatic N) is 1. The number of carbonyl (C=O) groups is 2. The maximum Gasteiger partial charge on any atom is 0.417 e. The minimum absolute atomic E-state index is 0.119. The van der Waals surface area contributed by atoms with Crippen LogP contribution in [0, 0.1) is 11.6 Å². The third kappa shape index (κ3) is 5.90. The van der Waals surface area contributed by atoms with Crippen LogP contribution in [0.4, 0.5) is 38.1 Å². The SMILES string of the molecule is [2H]C([2H])([2H])NC(=O)c1cc(Oc2cc(F)c(NC(=O)Nc3ccc(Cl)c(C(F)(F)F)c3)c(F)c2)ccn1. The molecule has 0 bridgehead atoms. The van der Waals surface area contributed by atoms with Crippen LogP contribution in [0.1, 0.15) is 20.2 Å². The molecule has 7 nitrogen and oxygen atoms in total. The third-order valence-electron chi connectivity index (χ3n) is 4.10. The summed E-state index contributed by atoms with van der Waals surface area (Å²) in [7, 11) is 0. The number of ether oxygens (including phenoxy) is 1. The lowest BCUT2D eigenvalue weighted by molar-refractivity contribution is -0.137. The van der Waals surface area contributed by atoms with Crippen molar-refractivity contribution in [3.8, 4) is 11.5 Å². The second-order valence-corrected chi connectivity index (χ2v) is 6.87. The summed E-state index contributed by atoms with van der Waals surface area (Å²) in [5.41, 5.74) is -2.84. The molecule has 3 N–H and O–H groups in total. The zero-order chi connectivity index (χ0) is 27.5. The molecule has 0 saturated carbocycles. The van der Waals surface area contributed by atoms with E-state index >= 15 is 0 Å².